The number of nitrogens with two attached hydrogens (primary N) is 1. The summed E-state index contributed by atoms with van der Waals surface area (Å²) in [7, 11) is 0. The molecule has 0 fully saturated rings. The number of hydrogen-bond donors (Lipinski definition) is 3. The third-order valence-corrected chi connectivity index (χ3v) is 1.96. The lowest BCUT2D eigenvalue weighted by Gasteiger charge is -2.23. The number of alkyl halides is 2. The minimum Gasteiger partial charge on any atom is -0.409 e. The summed E-state index contributed by atoms with van der Waals surface area (Å²) in [6.45, 7) is 1.40. The zero-order valence-electron chi connectivity index (χ0n) is 8.61. The van der Waals surface area contributed by atoms with E-state index in [1.165, 1.54) is 4.90 Å². The van der Waals surface area contributed by atoms with E-state index in [-0.39, 0.29) is 31.4 Å². The van der Waals surface area contributed by atoms with Crippen molar-refractivity contribution in [2.45, 2.75) is 13.3 Å². The van der Waals surface area contributed by atoms with Gasteiger partial charge in [0, 0.05) is 19.0 Å². The molecule has 15 heavy (non-hydrogen) atoms. The molecule has 0 radical (unpaired) electrons. The van der Waals surface area contributed by atoms with Crippen molar-refractivity contribution in [3.8, 4) is 0 Å². The van der Waals surface area contributed by atoms with Crippen LogP contribution in [0.4, 0.5) is 8.78 Å². The predicted molar refractivity (Wildman–Crippen MR) is 52.1 cm³/mol. The molecule has 1 unspecified atom stereocenters. The summed E-state index contributed by atoms with van der Waals surface area (Å²) in [5.41, 5.74) is 5.32. The molecule has 0 aliphatic carbocycles. The molecule has 0 aromatic carbocycles. The van der Waals surface area contributed by atoms with Crippen LogP contribution in [0.15, 0.2) is 5.16 Å². The van der Waals surface area contributed by atoms with Gasteiger partial charge in [0.2, 0.25) is 0 Å². The lowest BCUT2D eigenvalue weighted by atomic mass is 10.1. The fraction of sp³-hybridized carbons (Fsp3) is 0.875. The van der Waals surface area contributed by atoms with Gasteiger partial charge in [-0.3, -0.25) is 4.90 Å². The van der Waals surface area contributed by atoms with E-state index in [1.54, 1.807) is 6.92 Å². The van der Waals surface area contributed by atoms with E-state index < -0.39 is 13.0 Å². The number of aliphatic hydroxyl groups is 1. The highest BCUT2D eigenvalue weighted by Gasteiger charge is 2.16. The van der Waals surface area contributed by atoms with E-state index in [4.69, 9.17) is 16.0 Å². The first-order valence-corrected chi connectivity index (χ1v) is 4.60. The van der Waals surface area contributed by atoms with Crippen molar-refractivity contribution >= 4 is 5.84 Å². The molecule has 0 aromatic rings. The number of rotatable bonds is 7. The normalized spacial score (nSPS) is 14.9. The number of aliphatic hydroxyl groups excluding tert-OH is 1. The molecular formula is C8H17F2N3O2. The molecule has 0 spiro atoms. The SMILES string of the molecule is CC(CN(CCO)CC(F)F)C(N)=NO. The molecule has 0 heterocycles. The number of halogens is 2. The Hall–Kier alpha value is -0.950. The van der Waals surface area contributed by atoms with Crippen molar-refractivity contribution in [2.24, 2.45) is 16.8 Å². The van der Waals surface area contributed by atoms with Crippen LogP contribution in [0.2, 0.25) is 0 Å². The summed E-state index contributed by atoms with van der Waals surface area (Å²) >= 11 is 0. The average molecular weight is 225 g/mol. The van der Waals surface area contributed by atoms with E-state index in [1.807, 2.05) is 0 Å². The third kappa shape index (κ3) is 6.19. The molecule has 5 nitrogen and oxygen atoms in total. The maximum Gasteiger partial charge on any atom is 0.251 e. The van der Waals surface area contributed by atoms with Gasteiger partial charge in [0.25, 0.3) is 6.43 Å². The Kier molecular flexibility index (Phi) is 6.89. The Morgan fingerprint density at radius 1 is 1.47 bits per heavy atom. The van der Waals surface area contributed by atoms with Crippen LogP contribution >= 0.6 is 0 Å². The number of hydrogen-bond acceptors (Lipinski definition) is 4. The number of nitrogens with zero attached hydrogens (tertiary/aromatic N) is 2. The lowest BCUT2D eigenvalue weighted by molar-refractivity contribution is 0.0750. The van der Waals surface area contributed by atoms with Crippen molar-refractivity contribution < 1.29 is 19.1 Å². The van der Waals surface area contributed by atoms with Crippen molar-refractivity contribution in [3.05, 3.63) is 0 Å². The van der Waals surface area contributed by atoms with Crippen LogP contribution < -0.4 is 5.73 Å². The molecule has 0 saturated heterocycles. The van der Waals surface area contributed by atoms with Gasteiger partial charge >= 0.3 is 0 Å². The monoisotopic (exact) mass is 225 g/mol. The molecule has 4 N–H and O–H groups in total. The molecule has 0 rings (SSSR count). The van der Waals surface area contributed by atoms with E-state index in [2.05, 4.69) is 5.16 Å². The van der Waals surface area contributed by atoms with Crippen LogP contribution in [0.1, 0.15) is 6.92 Å². The molecule has 0 aliphatic heterocycles. The van der Waals surface area contributed by atoms with Crippen LogP contribution in [0.3, 0.4) is 0 Å². The molecule has 1 atom stereocenters. The second-order valence-electron chi connectivity index (χ2n) is 3.30. The van der Waals surface area contributed by atoms with Crippen molar-refractivity contribution in [1.29, 1.82) is 0 Å². The van der Waals surface area contributed by atoms with E-state index in [0.717, 1.165) is 0 Å². The number of oxime groups is 1. The smallest absolute Gasteiger partial charge is 0.251 e. The highest BCUT2D eigenvalue weighted by atomic mass is 19.3. The minimum atomic E-state index is -2.46. The van der Waals surface area contributed by atoms with E-state index in [9.17, 15) is 8.78 Å². The van der Waals surface area contributed by atoms with Crippen LogP contribution in [0.5, 0.6) is 0 Å². The largest absolute Gasteiger partial charge is 0.409 e. The second-order valence-corrected chi connectivity index (χ2v) is 3.30. The molecular weight excluding hydrogens is 208 g/mol. The van der Waals surface area contributed by atoms with Gasteiger partial charge in [-0.1, -0.05) is 12.1 Å². The fourth-order valence-corrected chi connectivity index (χ4v) is 1.17. The molecule has 0 saturated carbocycles. The van der Waals surface area contributed by atoms with Crippen molar-refractivity contribution in [2.75, 3.05) is 26.2 Å². The van der Waals surface area contributed by atoms with Gasteiger partial charge in [-0.15, -0.1) is 0 Å². The Morgan fingerprint density at radius 2 is 2.07 bits per heavy atom. The lowest BCUT2D eigenvalue weighted by Crippen LogP contribution is -2.39. The summed E-state index contributed by atoms with van der Waals surface area (Å²) in [5, 5.41) is 19.8. The third-order valence-electron chi connectivity index (χ3n) is 1.96. The van der Waals surface area contributed by atoms with Crippen molar-refractivity contribution in [1.82, 2.24) is 4.90 Å². The molecule has 0 amide bonds. The molecule has 0 aliphatic rings. The quantitative estimate of drug-likeness (QED) is 0.245. The van der Waals surface area contributed by atoms with E-state index in [0.29, 0.717) is 0 Å². The summed E-state index contributed by atoms with van der Waals surface area (Å²) in [4.78, 5) is 1.37. The Morgan fingerprint density at radius 3 is 2.47 bits per heavy atom. The van der Waals surface area contributed by atoms with Gasteiger partial charge in [0.15, 0.2) is 0 Å². The maximum atomic E-state index is 12.1. The average Bonchev–Trinajstić information content (AvgIpc) is 2.15. The van der Waals surface area contributed by atoms with Crippen LogP contribution in [0.25, 0.3) is 0 Å². The number of amidine groups is 1. The van der Waals surface area contributed by atoms with Crippen LogP contribution in [0, 0.1) is 5.92 Å². The second kappa shape index (κ2) is 7.36. The predicted octanol–water partition coefficient (Wildman–Crippen LogP) is -0.0717. The highest BCUT2D eigenvalue weighted by molar-refractivity contribution is 5.82. The van der Waals surface area contributed by atoms with Gasteiger partial charge in [-0.2, -0.15) is 0 Å². The van der Waals surface area contributed by atoms with Crippen LogP contribution in [-0.2, 0) is 0 Å². The summed E-state index contributed by atoms with van der Waals surface area (Å²) in [6, 6.07) is 0. The molecule has 0 aromatic heterocycles. The Balaban J connectivity index is 4.14. The Bertz CT molecular complexity index is 202. The molecule has 0 bridgehead atoms. The summed E-state index contributed by atoms with van der Waals surface area (Å²) in [6.07, 6.45) is -2.46. The van der Waals surface area contributed by atoms with E-state index >= 15 is 0 Å². The summed E-state index contributed by atoms with van der Waals surface area (Å²) in [5.74, 6) is -0.340. The van der Waals surface area contributed by atoms with Gasteiger partial charge in [-0.25, -0.2) is 8.78 Å². The van der Waals surface area contributed by atoms with Gasteiger partial charge in [0.05, 0.1) is 13.2 Å². The zero-order valence-corrected chi connectivity index (χ0v) is 8.61. The van der Waals surface area contributed by atoms with Crippen molar-refractivity contribution in [3.63, 3.8) is 0 Å². The highest BCUT2D eigenvalue weighted by Crippen LogP contribution is 2.03. The van der Waals surface area contributed by atoms with Gasteiger partial charge < -0.3 is 16.0 Å². The van der Waals surface area contributed by atoms with Gasteiger partial charge in [0.1, 0.15) is 5.84 Å². The first-order chi connectivity index (χ1) is 7.01. The molecule has 90 valence electrons. The zero-order chi connectivity index (χ0) is 11.8. The fourth-order valence-electron chi connectivity index (χ4n) is 1.17. The van der Waals surface area contributed by atoms with Gasteiger partial charge in [-0.05, 0) is 0 Å². The first-order valence-electron chi connectivity index (χ1n) is 4.60. The standard InChI is InChI=1S/C8H17F2N3O2/c1-6(8(11)12-15)4-13(2-3-14)5-7(9)10/h6-7,14-15H,2-5H2,1H3,(H2,11,12). The molecule has 7 heteroatoms. The first kappa shape index (κ1) is 14.1. The summed E-state index contributed by atoms with van der Waals surface area (Å²) < 4.78 is 24.2. The topological polar surface area (TPSA) is 82.1 Å². The Labute approximate surface area is 87.2 Å². The minimum absolute atomic E-state index is 0.00722. The van der Waals surface area contributed by atoms with Crippen LogP contribution in [-0.4, -0.2) is 53.7 Å². The maximum absolute atomic E-state index is 12.1.